The molecular formula is C11H9ClN2OS. The van der Waals surface area contributed by atoms with Crippen molar-refractivity contribution in [3.05, 3.63) is 45.2 Å². The van der Waals surface area contributed by atoms with Gasteiger partial charge in [-0.05, 0) is 30.0 Å². The summed E-state index contributed by atoms with van der Waals surface area (Å²) in [6.45, 7) is 1.90. The monoisotopic (exact) mass is 252 g/mol. The molecule has 1 N–H and O–H groups in total. The summed E-state index contributed by atoms with van der Waals surface area (Å²) in [4.78, 5) is 15.8. The molecule has 2 heterocycles. The Hall–Kier alpha value is -1.39. The second kappa shape index (κ2) is 4.63. The van der Waals surface area contributed by atoms with Crippen molar-refractivity contribution in [2.24, 2.45) is 0 Å². The first kappa shape index (κ1) is 11.1. The minimum Gasteiger partial charge on any atom is -0.306 e. The van der Waals surface area contributed by atoms with Crippen molar-refractivity contribution < 1.29 is 4.79 Å². The van der Waals surface area contributed by atoms with Gasteiger partial charge < -0.3 is 5.32 Å². The van der Waals surface area contributed by atoms with Crippen LogP contribution >= 0.6 is 22.9 Å². The largest absolute Gasteiger partial charge is 0.306 e. The van der Waals surface area contributed by atoms with Crippen LogP contribution in [0.2, 0.25) is 5.15 Å². The fourth-order valence-corrected chi connectivity index (χ4v) is 2.25. The highest BCUT2D eigenvalue weighted by molar-refractivity contribution is 7.08. The van der Waals surface area contributed by atoms with Crippen molar-refractivity contribution >= 4 is 34.7 Å². The van der Waals surface area contributed by atoms with E-state index in [1.165, 1.54) is 11.3 Å². The summed E-state index contributed by atoms with van der Waals surface area (Å²) >= 11 is 7.23. The van der Waals surface area contributed by atoms with Gasteiger partial charge in [0.05, 0.1) is 5.56 Å². The molecule has 2 aromatic rings. The maximum atomic E-state index is 11.8. The van der Waals surface area contributed by atoms with Gasteiger partial charge >= 0.3 is 0 Å². The number of nitrogens with one attached hydrogen (secondary N) is 1. The van der Waals surface area contributed by atoms with Crippen LogP contribution in [-0.2, 0) is 0 Å². The second-order valence-electron chi connectivity index (χ2n) is 3.27. The molecule has 0 aliphatic carbocycles. The van der Waals surface area contributed by atoms with Crippen molar-refractivity contribution in [1.29, 1.82) is 0 Å². The molecule has 0 radical (unpaired) electrons. The van der Waals surface area contributed by atoms with Crippen LogP contribution in [0.5, 0.6) is 0 Å². The third-order valence-corrected chi connectivity index (χ3v) is 3.13. The molecule has 1 amide bonds. The first-order valence-corrected chi connectivity index (χ1v) is 5.95. The average Bonchev–Trinajstić information content (AvgIpc) is 2.64. The van der Waals surface area contributed by atoms with E-state index in [4.69, 9.17) is 11.6 Å². The summed E-state index contributed by atoms with van der Waals surface area (Å²) in [7, 11) is 0. The quantitative estimate of drug-likeness (QED) is 0.833. The highest BCUT2D eigenvalue weighted by atomic mass is 35.5. The summed E-state index contributed by atoms with van der Waals surface area (Å²) in [6.07, 6.45) is 0. The van der Waals surface area contributed by atoms with Crippen LogP contribution in [0.3, 0.4) is 0 Å². The highest BCUT2D eigenvalue weighted by Crippen LogP contribution is 2.16. The van der Waals surface area contributed by atoms with Crippen molar-refractivity contribution in [2.75, 3.05) is 5.32 Å². The predicted octanol–water partition coefficient (Wildman–Crippen LogP) is 3.36. The molecule has 0 bridgehead atoms. The Kier molecular flexibility index (Phi) is 3.22. The van der Waals surface area contributed by atoms with Gasteiger partial charge in [-0.25, -0.2) is 4.98 Å². The minimum atomic E-state index is -0.159. The molecule has 0 aromatic carbocycles. The van der Waals surface area contributed by atoms with E-state index in [2.05, 4.69) is 10.3 Å². The topological polar surface area (TPSA) is 42.0 Å². The molecule has 5 heteroatoms. The third-order valence-electron chi connectivity index (χ3n) is 2.06. The Morgan fingerprint density at radius 3 is 2.88 bits per heavy atom. The molecule has 16 heavy (non-hydrogen) atoms. The number of pyridine rings is 1. The SMILES string of the molecule is Cc1cscc1C(=O)Nc1cccc(Cl)n1. The molecule has 82 valence electrons. The van der Waals surface area contributed by atoms with E-state index in [9.17, 15) is 4.79 Å². The Labute approximate surface area is 102 Å². The van der Waals surface area contributed by atoms with Crippen molar-refractivity contribution in [3.63, 3.8) is 0 Å². The van der Waals surface area contributed by atoms with Crippen LogP contribution in [0.15, 0.2) is 29.0 Å². The lowest BCUT2D eigenvalue weighted by molar-refractivity contribution is 0.102. The number of carbonyl (C=O) groups is 1. The number of thiophene rings is 1. The zero-order chi connectivity index (χ0) is 11.5. The predicted molar refractivity (Wildman–Crippen MR) is 66.3 cm³/mol. The van der Waals surface area contributed by atoms with E-state index in [0.717, 1.165) is 5.56 Å². The van der Waals surface area contributed by atoms with E-state index in [-0.39, 0.29) is 5.91 Å². The van der Waals surface area contributed by atoms with Crippen LogP contribution in [0.1, 0.15) is 15.9 Å². The molecule has 0 fully saturated rings. The van der Waals surface area contributed by atoms with E-state index in [0.29, 0.717) is 16.5 Å². The second-order valence-corrected chi connectivity index (χ2v) is 4.40. The Morgan fingerprint density at radius 2 is 2.25 bits per heavy atom. The number of amides is 1. The number of halogens is 1. The van der Waals surface area contributed by atoms with E-state index < -0.39 is 0 Å². The fourth-order valence-electron chi connectivity index (χ4n) is 1.25. The van der Waals surface area contributed by atoms with Gasteiger partial charge in [-0.15, -0.1) is 0 Å². The Morgan fingerprint density at radius 1 is 1.44 bits per heavy atom. The number of aromatic nitrogens is 1. The van der Waals surface area contributed by atoms with Gasteiger partial charge in [0.15, 0.2) is 0 Å². The smallest absolute Gasteiger partial charge is 0.257 e. The lowest BCUT2D eigenvalue weighted by Crippen LogP contribution is -2.13. The van der Waals surface area contributed by atoms with Crippen LogP contribution in [0, 0.1) is 6.92 Å². The number of carbonyl (C=O) groups excluding carboxylic acids is 1. The van der Waals surface area contributed by atoms with Crippen molar-refractivity contribution in [3.8, 4) is 0 Å². The number of rotatable bonds is 2. The van der Waals surface area contributed by atoms with Gasteiger partial charge in [0.1, 0.15) is 11.0 Å². The van der Waals surface area contributed by atoms with Crippen LogP contribution in [0.25, 0.3) is 0 Å². The normalized spacial score (nSPS) is 10.1. The number of aryl methyl sites for hydroxylation is 1. The summed E-state index contributed by atoms with van der Waals surface area (Å²) in [5.41, 5.74) is 1.64. The zero-order valence-corrected chi connectivity index (χ0v) is 10.1. The van der Waals surface area contributed by atoms with Crippen molar-refractivity contribution in [1.82, 2.24) is 4.98 Å². The molecule has 0 spiro atoms. The molecule has 0 saturated heterocycles. The minimum absolute atomic E-state index is 0.159. The zero-order valence-electron chi connectivity index (χ0n) is 8.53. The highest BCUT2D eigenvalue weighted by Gasteiger charge is 2.10. The van der Waals surface area contributed by atoms with E-state index in [1.807, 2.05) is 17.7 Å². The molecule has 0 atom stereocenters. The molecule has 3 nitrogen and oxygen atoms in total. The fraction of sp³-hybridized carbons (Fsp3) is 0.0909. The third kappa shape index (κ3) is 2.40. The van der Waals surface area contributed by atoms with Crippen LogP contribution in [-0.4, -0.2) is 10.9 Å². The molecule has 0 unspecified atom stereocenters. The lowest BCUT2D eigenvalue weighted by atomic mass is 10.2. The Bertz CT molecular complexity index is 524. The first-order chi connectivity index (χ1) is 7.66. The number of hydrogen-bond donors (Lipinski definition) is 1. The van der Waals surface area contributed by atoms with Crippen molar-refractivity contribution in [2.45, 2.75) is 6.92 Å². The summed E-state index contributed by atoms with van der Waals surface area (Å²) in [5.74, 6) is 0.302. The molecule has 0 aliphatic rings. The molecular weight excluding hydrogens is 244 g/mol. The first-order valence-electron chi connectivity index (χ1n) is 4.63. The van der Waals surface area contributed by atoms with Crippen LogP contribution < -0.4 is 5.32 Å². The van der Waals surface area contributed by atoms with Gasteiger partial charge in [-0.3, -0.25) is 4.79 Å². The maximum Gasteiger partial charge on any atom is 0.257 e. The summed E-state index contributed by atoms with van der Waals surface area (Å²) < 4.78 is 0. The van der Waals surface area contributed by atoms with E-state index in [1.54, 1.807) is 18.2 Å². The number of nitrogens with zero attached hydrogens (tertiary/aromatic N) is 1. The Balaban J connectivity index is 2.17. The molecule has 2 rings (SSSR count). The summed E-state index contributed by atoms with van der Waals surface area (Å²) in [6, 6.07) is 5.10. The van der Waals surface area contributed by atoms with Gasteiger partial charge in [0.2, 0.25) is 0 Å². The molecule has 2 aromatic heterocycles. The lowest BCUT2D eigenvalue weighted by Gasteiger charge is -2.03. The van der Waals surface area contributed by atoms with Gasteiger partial charge in [0, 0.05) is 5.38 Å². The summed E-state index contributed by atoms with van der Waals surface area (Å²) in [5, 5.41) is 6.80. The molecule has 0 aliphatic heterocycles. The molecule has 0 saturated carbocycles. The standard InChI is InChI=1S/C11H9ClN2OS/c1-7-5-16-6-8(7)11(15)14-10-4-2-3-9(12)13-10/h2-6H,1H3,(H,13,14,15). The maximum absolute atomic E-state index is 11.8. The van der Waals surface area contributed by atoms with Gasteiger partial charge in [-0.1, -0.05) is 17.7 Å². The van der Waals surface area contributed by atoms with Gasteiger partial charge in [0.25, 0.3) is 5.91 Å². The van der Waals surface area contributed by atoms with Gasteiger partial charge in [-0.2, -0.15) is 11.3 Å². The van der Waals surface area contributed by atoms with E-state index >= 15 is 0 Å². The van der Waals surface area contributed by atoms with Crippen LogP contribution in [0.4, 0.5) is 5.82 Å². The number of anilines is 1. The average molecular weight is 253 g/mol. The number of hydrogen-bond acceptors (Lipinski definition) is 3.